The number of rotatable bonds is 1. The molecule has 2 aromatic carbocycles. The molecule has 0 nitrogen and oxygen atoms in total. The zero-order valence-electron chi connectivity index (χ0n) is 8.19. The number of benzene rings is 2. The van der Waals surface area contributed by atoms with Crippen LogP contribution in [-0.2, 0) is 77.9 Å². The summed E-state index contributed by atoms with van der Waals surface area (Å²) in [6.45, 7) is 0. The monoisotopic (exact) mass is 562 g/mol. The molecule has 0 saturated heterocycles. The molecule has 0 fully saturated rings. The molecule has 0 aromatic heterocycles. The molecule has 2 rings (SSSR count). The van der Waals surface area contributed by atoms with E-state index in [4.69, 9.17) is 0 Å². The van der Waals surface area contributed by atoms with E-state index >= 15 is 0 Å². The summed E-state index contributed by atoms with van der Waals surface area (Å²) < 4.78 is 0. The molecule has 0 radical (unpaired) electrons. The maximum atomic E-state index is 2.12. The number of hydrogen-bond donors (Lipinski definition) is 0. The predicted octanol–water partition coefficient (Wildman–Crippen LogP) is 3.34. The molecule has 0 N–H and O–H groups in total. The van der Waals surface area contributed by atoms with E-state index in [0.29, 0.717) is 0 Å². The van der Waals surface area contributed by atoms with Crippen LogP contribution in [0.15, 0.2) is 60.7 Å². The smallest absolute Gasteiger partial charge is 0 e. The van der Waals surface area contributed by atoms with Crippen molar-refractivity contribution in [3.05, 3.63) is 60.7 Å². The molecule has 16 heavy (non-hydrogen) atoms. The molecular weight excluding hydrogens is 548 g/mol. The van der Waals surface area contributed by atoms with Crippen molar-refractivity contribution >= 4 is 0 Å². The minimum absolute atomic E-state index is 0. The van der Waals surface area contributed by atoms with Gasteiger partial charge in [-0.05, 0) is 11.1 Å². The molecule has 0 saturated carbocycles. The largest absolute Gasteiger partial charge is 0.0622 e. The van der Waals surface area contributed by atoms with Gasteiger partial charge in [-0.2, -0.15) is 0 Å². The summed E-state index contributed by atoms with van der Waals surface area (Å²) >= 11 is 0. The van der Waals surface area contributed by atoms with Gasteiger partial charge in [-0.25, -0.2) is 0 Å². The van der Waals surface area contributed by atoms with E-state index in [1.807, 2.05) is 12.1 Å². The van der Waals surface area contributed by atoms with E-state index in [1.54, 1.807) is 0 Å². The zero-order valence-corrected chi connectivity index (χ0v) is 15.1. The summed E-state index contributed by atoms with van der Waals surface area (Å²) in [4.78, 5) is 0. The summed E-state index contributed by atoms with van der Waals surface area (Å²) in [5.74, 6) is 0. The van der Waals surface area contributed by atoms with Crippen LogP contribution in [0.2, 0.25) is 0 Å². The Morgan fingerprint density at radius 3 is 0.875 bits per heavy atom. The standard InChI is InChI=1S/C12H10.4Ru/c1-3-7-11(8-4-1)12-9-5-2-6-10-12;;;;/h1-10H;;;;. The third-order valence-corrected chi connectivity index (χ3v) is 1.88. The SMILES string of the molecule is [Ru].[Ru].[Ru].[Ru].c1ccc(-c2ccccc2)cc1. The third kappa shape index (κ3) is 6.62. The normalized spacial score (nSPS) is 7.25. The second-order valence-electron chi connectivity index (χ2n) is 2.73. The molecule has 0 spiro atoms. The number of hydrogen-bond acceptors (Lipinski definition) is 0. The van der Waals surface area contributed by atoms with Crippen molar-refractivity contribution in [3.63, 3.8) is 0 Å². The quantitative estimate of drug-likeness (QED) is 0.472. The first-order valence-electron chi connectivity index (χ1n) is 4.07. The van der Waals surface area contributed by atoms with Gasteiger partial charge in [0, 0.05) is 77.9 Å². The Hall–Kier alpha value is 0.934. The van der Waals surface area contributed by atoms with Crippen LogP contribution in [0.3, 0.4) is 0 Å². The van der Waals surface area contributed by atoms with Gasteiger partial charge >= 0.3 is 0 Å². The van der Waals surface area contributed by atoms with Gasteiger partial charge in [0.05, 0.1) is 0 Å². The second kappa shape index (κ2) is 12.4. The van der Waals surface area contributed by atoms with Gasteiger partial charge in [0.1, 0.15) is 0 Å². The molecule has 0 atom stereocenters. The van der Waals surface area contributed by atoms with Gasteiger partial charge in [0.2, 0.25) is 0 Å². The first-order chi connectivity index (χ1) is 5.97. The van der Waals surface area contributed by atoms with Crippen LogP contribution >= 0.6 is 0 Å². The van der Waals surface area contributed by atoms with Gasteiger partial charge < -0.3 is 0 Å². The van der Waals surface area contributed by atoms with Crippen molar-refractivity contribution in [2.45, 2.75) is 0 Å². The van der Waals surface area contributed by atoms with E-state index in [1.165, 1.54) is 11.1 Å². The minimum atomic E-state index is 0. The zero-order chi connectivity index (χ0) is 8.23. The minimum Gasteiger partial charge on any atom is -0.0622 e. The van der Waals surface area contributed by atoms with E-state index in [0.717, 1.165) is 0 Å². The maximum absolute atomic E-state index is 2.12. The average Bonchev–Trinajstić information content (AvgIpc) is 2.21. The summed E-state index contributed by atoms with van der Waals surface area (Å²) in [6, 6.07) is 20.8. The Morgan fingerprint density at radius 1 is 0.375 bits per heavy atom. The molecule has 0 bridgehead atoms. The summed E-state index contributed by atoms with van der Waals surface area (Å²) in [5, 5.41) is 0. The Morgan fingerprint density at radius 2 is 0.625 bits per heavy atom. The predicted molar refractivity (Wildman–Crippen MR) is 51.9 cm³/mol. The molecule has 0 aliphatic heterocycles. The molecule has 90 valence electrons. The van der Waals surface area contributed by atoms with Crippen LogP contribution in [0.1, 0.15) is 0 Å². The fourth-order valence-electron chi connectivity index (χ4n) is 1.26. The van der Waals surface area contributed by atoms with Crippen molar-refractivity contribution in [1.29, 1.82) is 0 Å². The molecule has 0 aliphatic rings. The van der Waals surface area contributed by atoms with E-state index < -0.39 is 0 Å². The topological polar surface area (TPSA) is 0 Å². The fraction of sp³-hybridized carbons (Fsp3) is 0. The van der Waals surface area contributed by atoms with Gasteiger partial charge in [0.15, 0.2) is 0 Å². The third-order valence-electron chi connectivity index (χ3n) is 1.88. The van der Waals surface area contributed by atoms with Crippen molar-refractivity contribution in [2.75, 3.05) is 0 Å². The van der Waals surface area contributed by atoms with Gasteiger partial charge in [-0.3, -0.25) is 0 Å². The Labute approximate surface area is 148 Å². The molecule has 0 unspecified atom stereocenters. The summed E-state index contributed by atoms with van der Waals surface area (Å²) in [7, 11) is 0. The van der Waals surface area contributed by atoms with Crippen LogP contribution in [-0.4, -0.2) is 0 Å². The molecule has 2 aromatic rings. The van der Waals surface area contributed by atoms with E-state index in [-0.39, 0.29) is 77.9 Å². The van der Waals surface area contributed by atoms with Crippen LogP contribution in [0, 0.1) is 0 Å². The van der Waals surface area contributed by atoms with Crippen LogP contribution in [0.25, 0.3) is 11.1 Å². The summed E-state index contributed by atoms with van der Waals surface area (Å²) in [6.07, 6.45) is 0. The van der Waals surface area contributed by atoms with Crippen molar-refractivity contribution in [2.24, 2.45) is 0 Å². The Kier molecular flexibility index (Phi) is 17.2. The van der Waals surface area contributed by atoms with E-state index in [9.17, 15) is 0 Å². The second-order valence-corrected chi connectivity index (χ2v) is 2.73. The van der Waals surface area contributed by atoms with Crippen molar-refractivity contribution in [1.82, 2.24) is 0 Å². The fourth-order valence-corrected chi connectivity index (χ4v) is 1.26. The first-order valence-corrected chi connectivity index (χ1v) is 4.07. The van der Waals surface area contributed by atoms with Gasteiger partial charge in [-0.1, -0.05) is 60.7 Å². The Balaban J connectivity index is -0.000000422. The maximum Gasteiger partial charge on any atom is 0 e. The van der Waals surface area contributed by atoms with Crippen molar-refractivity contribution in [3.8, 4) is 11.1 Å². The average molecular weight is 558 g/mol. The first kappa shape index (κ1) is 22.1. The van der Waals surface area contributed by atoms with Gasteiger partial charge in [0.25, 0.3) is 0 Å². The molecule has 4 heteroatoms. The van der Waals surface area contributed by atoms with E-state index in [2.05, 4.69) is 48.5 Å². The molecule has 0 aliphatic carbocycles. The van der Waals surface area contributed by atoms with Crippen molar-refractivity contribution < 1.29 is 77.9 Å². The molecular formula is C12H10Ru4. The molecule has 0 heterocycles. The van der Waals surface area contributed by atoms with Crippen LogP contribution in [0.4, 0.5) is 0 Å². The molecule has 0 amide bonds. The van der Waals surface area contributed by atoms with Crippen LogP contribution < -0.4 is 0 Å². The van der Waals surface area contributed by atoms with Crippen LogP contribution in [0.5, 0.6) is 0 Å². The Bertz CT molecular complexity index is 310. The van der Waals surface area contributed by atoms with Gasteiger partial charge in [-0.15, -0.1) is 0 Å². The summed E-state index contributed by atoms with van der Waals surface area (Å²) in [5.41, 5.74) is 2.55.